The van der Waals surface area contributed by atoms with Crippen molar-refractivity contribution in [3.05, 3.63) is 64.7 Å². The van der Waals surface area contributed by atoms with E-state index in [1.807, 2.05) is 37.3 Å². The summed E-state index contributed by atoms with van der Waals surface area (Å²) in [7, 11) is 0. The van der Waals surface area contributed by atoms with Gasteiger partial charge in [-0.1, -0.05) is 37.3 Å². The average Bonchev–Trinajstić information content (AvgIpc) is 2.52. The number of benzene rings is 2. The molecule has 0 radical (unpaired) electrons. The topological polar surface area (TPSA) is 50.1 Å². The number of nitriles is 1. The summed E-state index contributed by atoms with van der Waals surface area (Å²) in [6.07, 6.45) is 0.647. The summed E-state index contributed by atoms with van der Waals surface area (Å²) in [5, 5.41) is 9.33. The molecular weight excluding hydrogens is 262 g/mol. The number of hydrogen-bond donors (Lipinski definition) is 0. The molecule has 0 amide bonds. The van der Waals surface area contributed by atoms with Crippen LogP contribution >= 0.6 is 0 Å². The van der Waals surface area contributed by atoms with Crippen LogP contribution in [0.1, 0.15) is 40.9 Å². The molecular formula is C18H17NO2. The van der Waals surface area contributed by atoms with Gasteiger partial charge in [0.2, 0.25) is 0 Å². The van der Waals surface area contributed by atoms with Crippen molar-refractivity contribution in [3.8, 4) is 11.8 Å². The molecule has 3 heteroatoms. The van der Waals surface area contributed by atoms with Gasteiger partial charge >= 0.3 is 0 Å². The zero-order valence-corrected chi connectivity index (χ0v) is 12.2. The van der Waals surface area contributed by atoms with Crippen LogP contribution in [0.15, 0.2) is 42.5 Å². The first-order valence-corrected chi connectivity index (χ1v) is 6.91. The van der Waals surface area contributed by atoms with E-state index in [0.717, 1.165) is 11.1 Å². The molecule has 0 N–H and O–H groups in total. The monoisotopic (exact) mass is 279 g/mol. The third kappa shape index (κ3) is 3.29. The van der Waals surface area contributed by atoms with Crippen LogP contribution in [-0.2, 0) is 13.0 Å². The van der Waals surface area contributed by atoms with Crippen LogP contribution < -0.4 is 4.74 Å². The van der Waals surface area contributed by atoms with Crippen molar-refractivity contribution in [1.29, 1.82) is 5.26 Å². The molecule has 0 saturated heterocycles. The molecule has 21 heavy (non-hydrogen) atoms. The zero-order chi connectivity index (χ0) is 15.2. The molecule has 2 rings (SSSR count). The van der Waals surface area contributed by atoms with Gasteiger partial charge in [-0.3, -0.25) is 4.79 Å². The maximum atomic E-state index is 11.6. The van der Waals surface area contributed by atoms with Crippen LogP contribution in [0.25, 0.3) is 0 Å². The number of rotatable bonds is 5. The lowest BCUT2D eigenvalue weighted by molar-refractivity contribution is 0.101. The maximum absolute atomic E-state index is 11.6. The molecule has 0 atom stereocenters. The lowest BCUT2D eigenvalue weighted by Gasteiger charge is -2.13. The molecule has 0 aliphatic heterocycles. The second kappa shape index (κ2) is 6.71. The minimum absolute atomic E-state index is 0.101. The van der Waals surface area contributed by atoms with Crippen LogP contribution in [0.4, 0.5) is 0 Å². The van der Waals surface area contributed by atoms with Crippen LogP contribution in [0.3, 0.4) is 0 Å². The molecule has 0 unspecified atom stereocenters. The van der Waals surface area contributed by atoms with Gasteiger partial charge in [-0.2, -0.15) is 5.26 Å². The van der Waals surface area contributed by atoms with Gasteiger partial charge in [-0.15, -0.1) is 0 Å². The van der Waals surface area contributed by atoms with Crippen LogP contribution in [0.2, 0.25) is 0 Å². The van der Waals surface area contributed by atoms with Crippen molar-refractivity contribution in [2.75, 3.05) is 0 Å². The van der Waals surface area contributed by atoms with Crippen molar-refractivity contribution in [1.82, 2.24) is 0 Å². The molecule has 106 valence electrons. The average molecular weight is 279 g/mol. The first kappa shape index (κ1) is 14.8. The minimum Gasteiger partial charge on any atom is -0.489 e. The summed E-state index contributed by atoms with van der Waals surface area (Å²) in [6, 6.07) is 15.4. The highest BCUT2D eigenvalue weighted by Crippen LogP contribution is 2.27. The molecule has 0 fully saturated rings. The van der Waals surface area contributed by atoms with Gasteiger partial charge in [0, 0.05) is 11.1 Å². The summed E-state index contributed by atoms with van der Waals surface area (Å²) < 4.78 is 5.83. The van der Waals surface area contributed by atoms with Gasteiger partial charge in [-0.05, 0) is 31.0 Å². The summed E-state index contributed by atoms with van der Waals surface area (Å²) in [6.45, 7) is 3.87. The Morgan fingerprint density at radius 2 is 1.90 bits per heavy atom. The Labute approximate surface area is 124 Å². The van der Waals surface area contributed by atoms with Gasteiger partial charge in [0.05, 0.1) is 5.56 Å². The first-order valence-electron chi connectivity index (χ1n) is 6.91. The smallest absolute Gasteiger partial charge is 0.161 e. The Balaban J connectivity index is 2.32. The number of hydrogen-bond acceptors (Lipinski definition) is 3. The minimum atomic E-state index is -0.101. The standard InChI is InChI=1S/C18H17NO2/c1-3-15-17(11-19)16(13(2)20)9-10-18(15)21-12-14-7-5-4-6-8-14/h4-10H,3,12H2,1-2H3. The third-order valence-corrected chi connectivity index (χ3v) is 3.35. The molecule has 0 spiro atoms. The van der Waals surface area contributed by atoms with Gasteiger partial charge < -0.3 is 4.74 Å². The van der Waals surface area contributed by atoms with Crippen molar-refractivity contribution < 1.29 is 9.53 Å². The first-order chi connectivity index (χ1) is 10.2. The summed E-state index contributed by atoms with van der Waals surface area (Å²) in [4.78, 5) is 11.6. The Hall–Kier alpha value is -2.60. The quantitative estimate of drug-likeness (QED) is 0.780. The van der Waals surface area contributed by atoms with E-state index in [1.165, 1.54) is 6.92 Å². The molecule has 0 aliphatic rings. The Bertz CT molecular complexity index is 684. The van der Waals surface area contributed by atoms with E-state index >= 15 is 0 Å². The number of carbonyl (C=O) groups is 1. The van der Waals surface area contributed by atoms with Crippen LogP contribution in [-0.4, -0.2) is 5.78 Å². The predicted octanol–water partition coefficient (Wildman–Crippen LogP) is 3.90. The SMILES string of the molecule is CCc1c(OCc2ccccc2)ccc(C(C)=O)c1C#N. The fourth-order valence-corrected chi connectivity index (χ4v) is 2.27. The Morgan fingerprint density at radius 1 is 1.19 bits per heavy atom. The molecule has 0 aromatic heterocycles. The van der Waals surface area contributed by atoms with E-state index in [9.17, 15) is 10.1 Å². The summed E-state index contributed by atoms with van der Waals surface area (Å²) in [5.41, 5.74) is 2.74. The van der Waals surface area contributed by atoms with E-state index in [1.54, 1.807) is 12.1 Å². The molecule has 0 bridgehead atoms. The van der Waals surface area contributed by atoms with Crippen LogP contribution in [0, 0.1) is 11.3 Å². The molecule has 3 nitrogen and oxygen atoms in total. The second-order valence-electron chi connectivity index (χ2n) is 4.76. The molecule has 2 aromatic rings. The number of nitrogens with zero attached hydrogens (tertiary/aromatic N) is 1. The predicted molar refractivity (Wildman–Crippen MR) is 81.3 cm³/mol. The van der Waals surface area contributed by atoms with Crippen molar-refractivity contribution in [3.63, 3.8) is 0 Å². The molecule has 0 saturated carbocycles. The van der Waals surface area contributed by atoms with Crippen molar-refractivity contribution >= 4 is 5.78 Å². The highest BCUT2D eigenvalue weighted by molar-refractivity contribution is 5.97. The Morgan fingerprint density at radius 3 is 2.48 bits per heavy atom. The van der Waals surface area contributed by atoms with Gasteiger partial charge in [0.15, 0.2) is 5.78 Å². The molecule has 0 heterocycles. The van der Waals surface area contributed by atoms with E-state index in [4.69, 9.17) is 4.74 Å². The van der Waals surface area contributed by atoms with Gasteiger partial charge in [0.1, 0.15) is 18.4 Å². The highest BCUT2D eigenvalue weighted by atomic mass is 16.5. The van der Waals surface area contributed by atoms with Crippen LogP contribution in [0.5, 0.6) is 5.75 Å². The molecule has 0 aliphatic carbocycles. The number of carbonyl (C=O) groups excluding carboxylic acids is 1. The Kier molecular flexibility index (Phi) is 4.73. The fraction of sp³-hybridized carbons (Fsp3) is 0.222. The highest BCUT2D eigenvalue weighted by Gasteiger charge is 2.15. The summed E-state index contributed by atoms with van der Waals surface area (Å²) in [5.74, 6) is 0.568. The van der Waals surface area contributed by atoms with Gasteiger partial charge in [-0.25, -0.2) is 0 Å². The number of ketones is 1. The van der Waals surface area contributed by atoms with Crippen molar-refractivity contribution in [2.24, 2.45) is 0 Å². The largest absolute Gasteiger partial charge is 0.489 e. The lowest BCUT2D eigenvalue weighted by atomic mass is 9.97. The van der Waals surface area contributed by atoms with E-state index < -0.39 is 0 Å². The number of Topliss-reactive ketones (excluding diaryl/α,β-unsaturated/α-hetero) is 1. The fourth-order valence-electron chi connectivity index (χ4n) is 2.27. The second-order valence-corrected chi connectivity index (χ2v) is 4.76. The van der Waals surface area contributed by atoms with Crippen molar-refractivity contribution in [2.45, 2.75) is 26.9 Å². The number of ether oxygens (including phenoxy) is 1. The van der Waals surface area contributed by atoms with E-state index in [2.05, 4.69) is 6.07 Å². The van der Waals surface area contributed by atoms with E-state index in [-0.39, 0.29) is 5.78 Å². The normalized spacial score (nSPS) is 9.95. The zero-order valence-electron chi connectivity index (χ0n) is 12.2. The van der Waals surface area contributed by atoms with E-state index in [0.29, 0.717) is 29.9 Å². The summed E-state index contributed by atoms with van der Waals surface area (Å²) >= 11 is 0. The molecule has 2 aromatic carbocycles. The lowest BCUT2D eigenvalue weighted by Crippen LogP contribution is -2.05. The third-order valence-electron chi connectivity index (χ3n) is 3.35. The maximum Gasteiger partial charge on any atom is 0.161 e. The van der Waals surface area contributed by atoms with Gasteiger partial charge in [0.25, 0.3) is 0 Å².